The molecule has 0 aliphatic heterocycles. The third kappa shape index (κ3) is 85.2. The molecule has 0 saturated carbocycles. The SMILES string of the molecule is O=[PH]([O-])OCCCCCCS(=O)(=O)O.O=[PH]([O-])OCCCCCCS(=O)(=O)O.O=[PH]([O-])OCCCCCCS(=O)(=O)O.O=[PH]([O-])OCCCCCCS(=O)(=O)O.[Zr+4]. The van der Waals surface area contributed by atoms with Gasteiger partial charge >= 0.3 is 26.2 Å². The summed E-state index contributed by atoms with van der Waals surface area (Å²) >= 11 is 0. The molecule has 0 rings (SSSR count). The van der Waals surface area contributed by atoms with Crippen molar-refractivity contribution in [3.05, 3.63) is 0 Å². The van der Waals surface area contributed by atoms with Gasteiger partial charge in [0.15, 0.2) is 0 Å². The van der Waals surface area contributed by atoms with Crippen LogP contribution in [0.4, 0.5) is 0 Å². The fourth-order valence-electron chi connectivity index (χ4n) is 3.58. The molecule has 0 heterocycles. The molecule has 0 fully saturated rings. The zero-order chi connectivity index (χ0) is 44.1. The molecule has 344 valence electrons. The molecule has 0 radical (unpaired) electrons. The van der Waals surface area contributed by atoms with E-state index in [0.717, 1.165) is 0 Å². The van der Waals surface area contributed by atoms with E-state index in [4.69, 9.17) is 18.2 Å². The molecule has 0 aliphatic rings. The van der Waals surface area contributed by atoms with Crippen molar-refractivity contribution in [1.82, 2.24) is 0 Å². The minimum absolute atomic E-state index is 0. The second kappa shape index (κ2) is 42.4. The molecule has 0 saturated heterocycles. The summed E-state index contributed by atoms with van der Waals surface area (Å²) in [7, 11) is -27.8. The first-order valence-electron chi connectivity index (χ1n) is 16.8. The van der Waals surface area contributed by atoms with Gasteiger partial charge in [0.05, 0.1) is 49.4 Å². The molecule has 4 atom stereocenters. The van der Waals surface area contributed by atoms with Gasteiger partial charge in [-0.25, -0.2) is 0 Å². The summed E-state index contributed by atoms with van der Waals surface area (Å²) in [6, 6.07) is 0. The molecule has 33 heteroatoms. The van der Waals surface area contributed by atoms with Gasteiger partial charge < -0.3 is 55.9 Å². The van der Waals surface area contributed by atoms with Crippen molar-refractivity contribution < 1.29 is 134 Å². The molecule has 4 unspecified atom stereocenters. The van der Waals surface area contributed by atoms with Gasteiger partial charge in [0, 0.05) is 0 Å². The number of hydrogen-bond acceptors (Lipinski definition) is 20. The maximum atomic E-state index is 10.3. The van der Waals surface area contributed by atoms with E-state index in [2.05, 4.69) is 18.1 Å². The van der Waals surface area contributed by atoms with Gasteiger partial charge in [-0.15, -0.1) is 0 Å². The molecule has 0 aliphatic carbocycles. The first-order valence-corrected chi connectivity index (χ1v) is 28.2. The van der Waals surface area contributed by atoms with Gasteiger partial charge in [-0.05, 0) is 51.4 Å². The van der Waals surface area contributed by atoms with E-state index >= 15 is 0 Å². The summed E-state index contributed by atoms with van der Waals surface area (Å²) < 4.78 is 173. The van der Waals surface area contributed by atoms with Crippen molar-refractivity contribution in [2.45, 2.75) is 103 Å². The van der Waals surface area contributed by atoms with Crippen LogP contribution >= 0.6 is 33.0 Å². The molecule has 57 heavy (non-hydrogen) atoms. The Morgan fingerprint density at radius 3 is 0.579 bits per heavy atom. The molecule has 0 aromatic carbocycles. The molecule has 0 bridgehead atoms. The Labute approximate surface area is 357 Å². The number of unbranched alkanes of at least 4 members (excludes halogenated alkanes) is 12. The van der Waals surface area contributed by atoms with Crippen molar-refractivity contribution in [2.75, 3.05) is 49.4 Å². The van der Waals surface area contributed by atoms with Crippen molar-refractivity contribution in [1.29, 1.82) is 0 Å². The Morgan fingerprint density at radius 2 is 0.456 bits per heavy atom. The molecule has 24 nitrogen and oxygen atoms in total. The van der Waals surface area contributed by atoms with Gasteiger partial charge in [-0.3, -0.25) is 18.2 Å². The Bertz CT molecular complexity index is 1280. The van der Waals surface area contributed by atoms with Crippen molar-refractivity contribution in [3.63, 3.8) is 0 Å². The molecular formula is C24H56O24P4S4Zr. The second-order valence-corrected chi connectivity index (χ2v) is 20.6. The minimum atomic E-state index is -3.86. The van der Waals surface area contributed by atoms with Crippen LogP contribution in [0.2, 0.25) is 0 Å². The largest absolute Gasteiger partial charge is 4.00 e. The molecule has 4 N–H and O–H groups in total. The number of hydrogen-bond donors (Lipinski definition) is 4. The topological polar surface area (TPSA) is 415 Å². The second-order valence-electron chi connectivity index (χ2n) is 11.2. The van der Waals surface area contributed by atoms with E-state index in [1.165, 1.54) is 0 Å². The Balaban J connectivity index is -0.000000210. The third-order valence-electron chi connectivity index (χ3n) is 6.07. The monoisotopic (exact) mass is 1070 g/mol. The van der Waals surface area contributed by atoms with Crippen LogP contribution in [0.3, 0.4) is 0 Å². The minimum Gasteiger partial charge on any atom is -0.781 e. The normalized spacial score (nSPS) is 13.9. The molecule has 0 aromatic rings. The van der Waals surface area contributed by atoms with Crippen LogP contribution in [-0.4, -0.2) is 101 Å². The summed E-state index contributed by atoms with van der Waals surface area (Å²) in [5.41, 5.74) is 0. The van der Waals surface area contributed by atoms with Crippen LogP contribution in [0.25, 0.3) is 0 Å². The predicted molar refractivity (Wildman–Crippen MR) is 199 cm³/mol. The first-order chi connectivity index (χ1) is 25.7. The fourth-order valence-corrected chi connectivity index (χ4v) is 7.10. The standard InChI is InChI=1S/4C6H15O6PS.Zr/c4*7-13(8)12-5-3-1-2-4-6-14(9,10)11;/h4*13H,1-6H2,(H,7,8)(H,9,10,11);/q;;;;+4/p-4. The van der Waals surface area contributed by atoms with Crippen LogP contribution in [0, 0.1) is 0 Å². The van der Waals surface area contributed by atoms with Crippen molar-refractivity contribution in [3.8, 4) is 0 Å². The van der Waals surface area contributed by atoms with Crippen LogP contribution in [0.5, 0.6) is 0 Å². The molecule has 0 aromatic heterocycles. The van der Waals surface area contributed by atoms with Gasteiger partial charge in [-0.1, -0.05) is 51.4 Å². The predicted octanol–water partition coefficient (Wildman–Crippen LogP) is 0.802. The van der Waals surface area contributed by atoms with Crippen LogP contribution < -0.4 is 19.6 Å². The number of rotatable bonds is 32. The zero-order valence-corrected chi connectivity index (χ0v) is 40.8. The smallest absolute Gasteiger partial charge is 0.781 e. The maximum Gasteiger partial charge on any atom is 4.00 e. The van der Waals surface area contributed by atoms with E-state index < -0.39 is 73.5 Å². The molecular weight excluding hydrogens is 1020 g/mol. The fraction of sp³-hybridized carbons (Fsp3) is 1.00. The Hall–Kier alpha value is 1.12. The van der Waals surface area contributed by atoms with E-state index in [9.17, 15) is 71.5 Å². The first kappa shape index (κ1) is 67.2. The van der Waals surface area contributed by atoms with E-state index in [1.807, 2.05) is 0 Å². The van der Waals surface area contributed by atoms with Crippen LogP contribution in [-0.2, 0) is 103 Å². The van der Waals surface area contributed by atoms with Gasteiger partial charge in [0.2, 0.25) is 0 Å². The molecule has 0 spiro atoms. The van der Waals surface area contributed by atoms with Crippen LogP contribution in [0.15, 0.2) is 0 Å². The van der Waals surface area contributed by atoms with Gasteiger partial charge in [0.1, 0.15) is 33.0 Å². The van der Waals surface area contributed by atoms with E-state index in [0.29, 0.717) is 103 Å². The average molecular weight is 1070 g/mol. The third-order valence-corrected chi connectivity index (χ3v) is 11.0. The summed E-state index contributed by atoms with van der Waals surface area (Å²) in [4.78, 5) is 39.8. The van der Waals surface area contributed by atoms with Crippen molar-refractivity contribution in [2.24, 2.45) is 0 Å². The van der Waals surface area contributed by atoms with Crippen molar-refractivity contribution >= 4 is 73.5 Å². The Morgan fingerprint density at radius 1 is 0.316 bits per heavy atom. The van der Waals surface area contributed by atoms with Crippen LogP contribution in [0.1, 0.15) is 103 Å². The van der Waals surface area contributed by atoms with Gasteiger partial charge in [0.25, 0.3) is 40.5 Å². The average Bonchev–Trinajstić information content (AvgIpc) is 3.01. The summed E-state index contributed by atoms with van der Waals surface area (Å²) in [5, 5.41) is 0. The zero-order valence-electron chi connectivity index (χ0n) is 31.1. The quantitative estimate of drug-likeness (QED) is 0.0411. The Kier molecular flexibility index (Phi) is 50.0. The van der Waals surface area contributed by atoms with E-state index in [-0.39, 0.29) is 75.6 Å². The summed E-state index contributed by atoms with van der Waals surface area (Å²) in [5.74, 6) is -0.976. The summed E-state index contributed by atoms with van der Waals surface area (Å²) in [6.45, 7) is 0.584. The summed E-state index contributed by atoms with van der Waals surface area (Å²) in [6.07, 6.45) is 9.07. The maximum absolute atomic E-state index is 10.3. The molecule has 0 amide bonds. The van der Waals surface area contributed by atoms with Gasteiger partial charge in [-0.2, -0.15) is 33.7 Å². The van der Waals surface area contributed by atoms with E-state index in [1.54, 1.807) is 0 Å².